The number of hydrogen-bond donors (Lipinski definition) is 0. The van der Waals surface area contributed by atoms with E-state index in [0.29, 0.717) is 41.0 Å². The van der Waals surface area contributed by atoms with Crippen LogP contribution in [0, 0.1) is 0 Å². The zero-order chi connectivity index (χ0) is 35.0. The van der Waals surface area contributed by atoms with Gasteiger partial charge in [0.15, 0.2) is 17.2 Å². The second-order valence-electron chi connectivity index (χ2n) is 8.21. The third-order valence-electron chi connectivity index (χ3n) is 5.40. The van der Waals surface area contributed by atoms with Gasteiger partial charge in [-0.25, -0.2) is 4.79 Å². The molecule has 254 valence electrons. The van der Waals surface area contributed by atoms with Gasteiger partial charge in [-0.15, -0.1) is 3.63 Å². The number of rotatable bonds is 7. The molecule has 0 saturated carbocycles. The fourth-order valence-electron chi connectivity index (χ4n) is 3.43. The smallest absolute Gasteiger partial charge is 0.493 e. The van der Waals surface area contributed by atoms with Crippen LogP contribution in [0.4, 0.5) is 39.5 Å². The summed E-state index contributed by atoms with van der Waals surface area (Å²) in [5.41, 5.74) is -16.0. The van der Waals surface area contributed by atoms with Gasteiger partial charge in [0.25, 0.3) is 0 Å². The lowest BCUT2D eigenvalue weighted by molar-refractivity contribution is -0.0586. The van der Waals surface area contributed by atoms with E-state index >= 15 is 0 Å². The number of halogens is 9. The molecule has 0 aliphatic heterocycles. The molecule has 0 amide bonds. The molecule has 0 unspecified atom stereocenters. The Morgan fingerprint density at radius 1 is 0.600 bits per heavy atom. The third-order valence-corrected chi connectivity index (χ3v) is 8.94. The van der Waals surface area contributed by atoms with Gasteiger partial charge in [0, 0.05) is 0 Å². The van der Waals surface area contributed by atoms with E-state index in [9.17, 15) is 69.6 Å². The van der Waals surface area contributed by atoms with Crippen LogP contribution in [0.5, 0.6) is 17.2 Å². The van der Waals surface area contributed by atoms with Crippen molar-refractivity contribution in [2.75, 3.05) is 21.3 Å². The molecule has 12 nitrogen and oxygen atoms in total. The van der Waals surface area contributed by atoms with Crippen molar-refractivity contribution in [2.45, 2.75) is 29.4 Å². The van der Waals surface area contributed by atoms with E-state index in [1.807, 2.05) is 3.63 Å². The minimum absolute atomic E-state index is 0.377. The standard InChI is InChI=1S/C19H17F3O7S.C2F6O5S2/c1-26-16-7-11-5-4-10-6-15(29-30(24,25)19(20,21)22)14(18(23)28-3)8-12(10)13(11)9-17(16)27-2;3-1(4,5)14(9,10)13-15(11,12)2(6,7)8/h6-9H,4-5H2,1-3H3;. The Hall–Kier alpha value is -3.51. The maximum atomic E-state index is 12.8. The molecular formula is C21H17F9O12S3. The number of ether oxygens (including phenoxy) is 3. The number of esters is 1. The topological polar surface area (TPSA) is 166 Å². The van der Waals surface area contributed by atoms with Crippen LogP contribution in [-0.2, 0) is 51.6 Å². The molecule has 3 rings (SSSR count). The molecule has 2 aromatic rings. The first-order valence-corrected chi connectivity index (χ1v) is 15.3. The van der Waals surface area contributed by atoms with Crippen LogP contribution in [0.1, 0.15) is 21.5 Å². The molecule has 0 heterocycles. The summed E-state index contributed by atoms with van der Waals surface area (Å²) >= 11 is 0. The third kappa shape index (κ3) is 8.21. The Bertz CT molecular complexity index is 1740. The Labute approximate surface area is 247 Å². The van der Waals surface area contributed by atoms with Gasteiger partial charge in [-0.05, 0) is 59.4 Å². The highest BCUT2D eigenvalue weighted by molar-refractivity contribution is 8.00. The minimum Gasteiger partial charge on any atom is -0.493 e. The molecule has 24 heteroatoms. The minimum atomic E-state index is -6.85. The lowest BCUT2D eigenvalue weighted by atomic mass is 9.84. The molecule has 0 bridgehead atoms. The number of carbonyl (C=O) groups is 1. The van der Waals surface area contributed by atoms with Gasteiger partial charge in [-0.3, -0.25) is 0 Å². The molecule has 2 aromatic carbocycles. The van der Waals surface area contributed by atoms with Gasteiger partial charge >= 0.3 is 52.8 Å². The fourth-order valence-corrected chi connectivity index (χ4v) is 5.46. The number of fused-ring (bicyclic) bond motifs is 3. The summed E-state index contributed by atoms with van der Waals surface area (Å²) in [4.78, 5) is 12.2. The van der Waals surface area contributed by atoms with Crippen LogP contribution < -0.4 is 13.7 Å². The van der Waals surface area contributed by atoms with E-state index in [4.69, 9.17) is 9.47 Å². The van der Waals surface area contributed by atoms with Crippen LogP contribution in [0.15, 0.2) is 24.3 Å². The van der Waals surface area contributed by atoms with Gasteiger partial charge in [0.05, 0.1) is 21.3 Å². The lowest BCUT2D eigenvalue weighted by Crippen LogP contribution is -2.34. The quantitative estimate of drug-likeness (QED) is 0.173. The molecule has 45 heavy (non-hydrogen) atoms. The second-order valence-corrected chi connectivity index (χ2v) is 13.0. The first kappa shape index (κ1) is 37.7. The second kappa shape index (κ2) is 12.7. The summed E-state index contributed by atoms with van der Waals surface area (Å²) in [5, 5.41) is 0. The van der Waals surface area contributed by atoms with Crippen LogP contribution in [0.25, 0.3) is 11.1 Å². The largest absolute Gasteiger partial charge is 0.534 e. The molecule has 0 spiro atoms. The number of hydrogen-bond acceptors (Lipinski definition) is 12. The van der Waals surface area contributed by atoms with Gasteiger partial charge in [-0.1, -0.05) is 0 Å². The summed E-state index contributed by atoms with van der Waals surface area (Å²) in [6.07, 6.45) is 0.882. The molecule has 1 aliphatic carbocycles. The van der Waals surface area contributed by atoms with E-state index in [2.05, 4.69) is 8.92 Å². The average Bonchev–Trinajstić information content (AvgIpc) is 2.89. The number of methoxy groups -OCH3 is 3. The summed E-state index contributed by atoms with van der Waals surface area (Å²) in [7, 11) is -15.7. The van der Waals surface area contributed by atoms with E-state index in [-0.39, 0.29) is 0 Å². The first-order chi connectivity index (χ1) is 20.2. The van der Waals surface area contributed by atoms with Gasteiger partial charge in [-0.2, -0.15) is 64.8 Å². The zero-order valence-corrected chi connectivity index (χ0v) is 24.7. The first-order valence-electron chi connectivity index (χ1n) is 11.1. The zero-order valence-electron chi connectivity index (χ0n) is 22.2. The van der Waals surface area contributed by atoms with Crippen molar-refractivity contribution in [3.05, 3.63) is 41.0 Å². The highest BCUT2D eigenvalue weighted by Crippen LogP contribution is 2.43. The Morgan fingerprint density at radius 3 is 1.36 bits per heavy atom. The molecule has 1 aliphatic rings. The highest BCUT2D eigenvalue weighted by Gasteiger charge is 2.57. The maximum Gasteiger partial charge on any atom is 0.534 e. The fraction of sp³-hybridized carbons (Fsp3) is 0.381. The Morgan fingerprint density at radius 2 is 0.978 bits per heavy atom. The molecule has 0 saturated heterocycles. The molecule has 0 N–H and O–H groups in total. The van der Waals surface area contributed by atoms with Crippen molar-refractivity contribution in [3.8, 4) is 28.4 Å². The molecular weight excluding hydrogens is 711 g/mol. The SMILES string of the molecule is COC(=O)c1cc2c(cc1OS(=O)(=O)C(F)(F)F)CCc1cc(OC)c(OC)cc1-2.O=S(=O)(OS(=O)(=O)C(F)(F)F)C(F)(F)F. The Balaban J connectivity index is 0.000000399. The maximum absolute atomic E-state index is 12.8. The lowest BCUT2D eigenvalue weighted by Gasteiger charge is -2.23. The summed E-state index contributed by atoms with van der Waals surface area (Å²) in [6.45, 7) is 0. The van der Waals surface area contributed by atoms with E-state index < -0.39 is 64.2 Å². The number of aryl methyl sites for hydroxylation is 2. The molecule has 0 aromatic heterocycles. The van der Waals surface area contributed by atoms with Crippen molar-refractivity contribution in [1.29, 1.82) is 0 Å². The summed E-state index contributed by atoms with van der Waals surface area (Å²) < 4.78 is 191. The number of alkyl halides is 9. The van der Waals surface area contributed by atoms with Crippen molar-refractivity contribution >= 4 is 36.3 Å². The predicted octanol–water partition coefficient (Wildman–Crippen LogP) is 4.19. The highest BCUT2D eigenvalue weighted by atomic mass is 32.3. The van der Waals surface area contributed by atoms with Gasteiger partial charge < -0.3 is 18.4 Å². The van der Waals surface area contributed by atoms with E-state index in [0.717, 1.165) is 18.7 Å². The summed E-state index contributed by atoms with van der Waals surface area (Å²) in [5.74, 6) is -0.868. The van der Waals surface area contributed by atoms with Crippen LogP contribution in [-0.4, -0.2) is 69.1 Å². The molecule has 0 radical (unpaired) electrons. The number of carbonyl (C=O) groups excluding carboxylic acids is 1. The van der Waals surface area contributed by atoms with E-state index in [1.165, 1.54) is 20.3 Å². The summed E-state index contributed by atoms with van der Waals surface area (Å²) in [6, 6.07) is 5.82. The van der Waals surface area contributed by atoms with Crippen molar-refractivity contribution < 1.29 is 91.6 Å². The van der Waals surface area contributed by atoms with Crippen molar-refractivity contribution in [2.24, 2.45) is 0 Å². The predicted molar refractivity (Wildman–Crippen MR) is 130 cm³/mol. The Kier molecular flexibility index (Phi) is 10.6. The number of benzene rings is 2. The van der Waals surface area contributed by atoms with E-state index in [1.54, 1.807) is 12.1 Å². The van der Waals surface area contributed by atoms with Crippen LogP contribution in [0.3, 0.4) is 0 Å². The van der Waals surface area contributed by atoms with Crippen LogP contribution >= 0.6 is 0 Å². The van der Waals surface area contributed by atoms with Crippen molar-refractivity contribution in [3.63, 3.8) is 0 Å². The van der Waals surface area contributed by atoms with Gasteiger partial charge in [0.2, 0.25) is 0 Å². The van der Waals surface area contributed by atoms with Crippen molar-refractivity contribution in [1.82, 2.24) is 0 Å². The molecule has 0 fully saturated rings. The average molecular weight is 729 g/mol. The monoisotopic (exact) mass is 728 g/mol. The molecule has 0 atom stereocenters. The van der Waals surface area contributed by atoms with Crippen LogP contribution in [0.2, 0.25) is 0 Å². The van der Waals surface area contributed by atoms with Gasteiger partial charge in [0.1, 0.15) is 5.56 Å². The normalized spacial score (nSPS) is 13.9.